The van der Waals surface area contributed by atoms with Crippen molar-refractivity contribution < 1.29 is 14.5 Å². The highest BCUT2D eigenvalue weighted by molar-refractivity contribution is 6.00. The molecule has 2 rings (SSSR count). The lowest BCUT2D eigenvalue weighted by Crippen LogP contribution is -2.42. The first kappa shape index (κ1) is 21.6. The topological polar surface area (TPSA) is 99.0 Å². The van der Waals surface area contributed by atoms with Crippen molar-refractivity contribution in [2.24, 2.45) is 0 Å². The van der Waals surface area contributed by atoms with Gasteiger partial charge in [-0.1, -0.05) is 0 Å². The smallest absolute Gasteiger partial charge is 0.270 e. The number of rotatable bonds is 7. The lowest BCUT2D eigenvalue weighted by molar-refractivity contribution is -0.384. The van der Waals surface area contributed by atoms with Crippen LogP contribution in [0.3, 0.4) is 0 Å². The van der Waals surface area contributed by atoms with E-state index in [1.165, 1.54) is 12.1 Å². The van der Waals surface area contributed by atoms with Crippen LogP contribution in [0.5, 0.6) is 0 Å². The van der Waals surface area contributed by atoms with Gasteiger partial charge in [-0.15, -0.1) is 0 Å². The van der Waals surface area contributed by atoms with Crippen molar-refractivity contribution in [1.82, 2.24) is 14.7 Å². The van der Waals surface area contributed by atoms with Gasteiger partial charge in [-0.05, 0) is 26.3 Å². The van der Waals surface area contributed by atoms with Crippen molar-refractivity contribution in [3.05, 3.63) is 33.9 Å². The highest BCUT2D eigenvalue weighted by Crippen LogP contribution is 2.24. The number of amides is 2. The summed E-state index contributed by atoms with van der Waals surface area (Å²) >= 11 is 0. The predicted octanol–water partition coefficient (Wildman–Crippen LogP) is 1.65. The SMILES string of the molecule is CCN(CC)C(=O)CN1CCCN(C(=O)c2cc([N+](=O)[O-])ccc2NC)CC1. The van der Waals surface area contributed by atoms with Crippen LogP contribution >= 0.6 is 0 Å². The molecule has 1 aliphatic rings. The summed E-state index contributed by atoms with van der Waals surface area (Å²) in [6, 6.07) is 4.25. The highest BCUT2D eigenvalue weighted by atomic mass is 16.6. The van der Waals surface area contributed by atoms with Crippen molar-refractivity contribution in [1.29, 1.82) is 0 Å². The van der Waals surface area contributed by atoms with Crippen molar-refractivity contribution >= 4 is 23.2 Å². The summed E-state index contributed by atoms with van der Waals surface area (Å²) in [7, 11) is 1.68. The van der Waals surface area contributed by atoms with E-state index in [1.807, 2.05) is 13.8 Å². The number of hydrogen-bond donors (Lipinski definition) is 1. The molecule has 28 heavy (non-hydrogen) atoms. The molecule has 0 radical (unpaired) electrons. The molecule has 0 atom stereocenters. The van der Waals surface area contributed by atoms with Crippen LogP contribution in [0.1, 0.15) is 30.6 Å². The quantitative estimate of drug-likeness (QED) is 0.561. The Morgan fingerprint density at radius 3 is 2.50 bits per heavy atom. The van der Waals surface area contributed by atoms with Gasteiger partial charge in [0.25, 0.3) is 11.6 Å². The first-order chi connectivity index (χ1) is 13.4. The normalized spacial score (nSPS) is 15.0. The number of nitrogens with zero attached hydrogens (tertiary/aromatic N) is 4. The first-order valence-corrected chi connectivity index (χ1v) is 9.66. The van der Waals surface area contributed by atoms with Crippen LogP contribution in [-0.2, 0) is 4.79 Å². The number of likely N-dealkylation sites (N-methyl/N-ethyl adjacent to an activating group) is 1. The van der Waals surface area contributed by atoms with Crippen LogP contribution in [0.15, 0.2) is 18.2 Å². The van der Waals surface area contributed by atoms with Crippen molar-refractivity contribution in [2.75, 3.05) is 58.2 Å². The number of nitro benzene ring substituents is 1. The summed E-state index contributed by atoms with van der Waals surface area (Å²) in [6.45, 7) is 8.03. The van der Waals surface area contributed by atoms with Gasteiger partial charge >= 0.3 is 0 Å². The number of hydrogen-bond acceptors (Lipinski definition) is 6. The molecule has 1 aromatic rings. The van der Waals surface area contributed by atoms with E-state index in [2.05, 4.69) is 10.2 Å². The third-order valence-electron chi connectivity index (χ3n) is 5.06. The Morgan fingerprint density at radius 2 is 1.89 bits per heavy atom. The molecule has 9 nitrogen and oxygen atoms in total. The zero-order chi connectivity index (χ0) is 20.7. The van der Waals surface area contributed by atoms with Crippen LogP contribution in [0, 0.1) is 10.1 Å². The van der Waals surface area contributed by atoms with Gasteiger partial charge in [0.05, 0.1) is 17.0 Å². The maximum atomic E-state index is 13.0. The average molecular weight is 391 g/mol. The average Bonchev–Trinajstić information content (AvgIpc) is 2.93. The molecule has 154 valence electrons. The number of carbonyl (C=O) groups excluding carboxylic acids is 2. The van der Waals surface area contributed by atoms with E-state index >= 15 is 0 Å². The molecule has 0 unspecified atom stereocenters. The van der Waals surface area contributed by atoms with Crippen molar-refractivity contribution in [2.45, 2.75) is 20.3 Å². The number of nitrogens with one attached hydrogen (secondary N) is 1. The predicted molar refractivity (Wildman–Crippen MR) is 108 cm³/mol. The van der Waals surface area contributed by atoms with Gasteiger partial charge in [0.15, 0.2) is 0 Å². The minimum absolute atomic E-state index is 0.0981. The molecule has 0 saturated carbocycles. The van der Waals surface area contributed by atoms with Gasteiger partial charge in [0.2, 0.25) is 5.91 Å². The molecule has 0 aromatic heterocycles. The second-order valence-corrected chi connectivity index (χ2v) is 6.72. The molecule has 1 fully saturated rings. The summed E-state index contributed by atoms with van der Waals surface area (Å²) in [5.74, 6) is -0.133. The molecule has 1 saturated heterocycles. The van der Waals surface area contributed by atoms with E-state index in [4.69, 9.17) is 0 Å². The van der Waals surface area contributed by atoms with E-state index in [0.717, 1.165) is 13.0 Å². The van der Waals surface area contributed by atoms with Gasteiger partial charge in [-0.25, -0.2) is 0 Å². The summed E-state index contributed by atoms with van der Waals surface area (Å²) < 4.78 is 0. The molecule has 9 heteroatoms. The maximum Gasteiger partial charge on any atom is 0.270 e. The molecule has 0 spiro atoms. The van der Waals surface area contributed by atoms with E-state index in [9.17, 15) is 19.7 Å². The van der Waals surface area contributed by atoms with Crippen LogP contribution in [-0.4, -0.2) is 84.3 Å². The standard InChI is InChI=1S/C19H29N5O4/c1-4-22(5-2)18(25)14-21-9-6-10-23(12-11-21)19(26)16-13-15(24(27)28)7-8-17(16)20-3/h7-8,13,20H,4-6,9-12,14H2,1-3H3. The monoisotopic (exact) mass is 391 g/mol. The van der Waals surface area contributed by atoms with Crippen LogP contribution < -0.4 is 5.32 Å². The van der Waals surface area contributed by atoms with Crippen LogP contribution in [0.25, 0.3) is 0 Å². The fourth-order valence-electron chi connectivity index (χ4n) is 3.41. The fourth-order valence-corrected chi connectivity index (χ4v) is 3.41. The Labute approximate surface area is 165 Å². The third-order valence-corrected chi connectivity index (χ3v) is 5.06. The molecular formula is C19H29N5O4. The van der Waals surface area contributed by atoms with Gasteiger partial charge in [-0.2, -0.15) is 0 Å². The molecule has 1 aromatic carbocycles. The minimum atomic E-state index is -0.501. The fraction of sp³-hybridized carbons (Fsp3) is 0.579. The summed E-state index contributed by atoms with van der Waals surface area (Å²) in [5.41, 5.74) is 0.751. The Kier molecular flexibility index (Phi) is 7.74. The van der Waals surface area contributed by atoms with E-state index in [1.54, 1.807) is 22.9 Å². The lowest BCUT2D eigenvalue weighted by atomic mass is 10.1. The van der Waals surface area contributed by atoms with Gasteiger partial charge in [-0.3, -0.25) is 24.6 Å². The first-order valence-electron chi connectivity index (χ1n) is 9.66. The van der Waals surface area contributed by atoms with E-state index < -0.39 is 4.92 Å². The maximum absolute atomic E-state index is 13.0. The number of anilines is 1. The van der Waals surface area contributed by atoms with Gasteiger partial charge in [0, 0.05) is 64.1 Å². The Bertz CT molecular complexity index is 720. The molecule has 2 amide bonds. The van der Waals surface area contributed by atoms with Crippen molar-refractivity contribution in [3.63, 3.8) is 0 Å². The second kappa shape index (κ2) is 10.0. The Morgan fingerprint density at radius 1 is 1.18 bits per heavy atom. The lowest BCUT2D eigenvalue weighted by Gasteiger charge is -2.25. The van der Waals surface area contributed by atoms with Crippen molar-refractivity contribution in [3.8, 4) is 0 Å². The summed E-state index contributed by atoms with van der Waals surface area (Å²) in [4.78, 5) is 41.5. The Hall–Kier alpha value is -2.68. The molecule has 0 bridgehead atoms. The molecule has 1 N–H and O–H groups in total. The van der Waals surface area contributed by atoms with E-state index in [-0.39, 0.29) is 17.5 Å². The molecule has 1 heterocycles. The summed E-state index contributed by atoms with van der Waals surface area (Å²) in [5, 5.41) is 14.0. The van der Waals surface area contributed by atoms with Gasteiger partial charge < -0.3 is 15.1 Å². The van der Waals surface area contributed by atoms with Crippen LogP contribution in [0.2, 0.25) is 0 Å². The van der Waals surface area contributed by atoms with Crippen LogP contribution in [0.4, 0.5) is 11.4 Å². The summed E-state index contributed by atoms with van der Waals surface area (Å²) in [6.07, 6.45) is 0.751. The number of carbonyl (C=O) groups is 2. The van der Waals surface area contributed by atoms with E-state index in [0.29, 0.717) is 50.5 Å². The number of non-ortho nitro benzene ring substituents is 1. The minimum Gasteiger partial charge on any atom is -0.387 e. The zero-order valence-electron chi connectivity index (χ0n) is 16.8. The number of nitro groups is 1. The zero-order valence-corrected chi connectivity index (χ0v) is 16.8. The Balaban J connectivity index is 2.07. The second-order valence-electron chi connectivity index (χ2n) is 6.72. The number of benzene rings is 1. The third kappa shape index (κ3) is 5.19. The molecule has 1 aliphatic heterocycles. The highest BCUT2D eigenvalue weighted by Gasteiger charge is 2.25. The van der Waals surface area contributed by atoms with Gasteiger partial charge in [0.1, 0.15) is 0 Å². The largest absolute Gasteiger partial charge is 0.387 e. The molecular weight excluding hydrogens is 362 g/mol. The molecule has 0 aliphatic carbocycles.